The van der Waals surface area contributed by atoms with Gasteiger partial charge in [0.2, 0.25) is 5.78 Å². The van der Waals surface area contributed by atoms with Crippen LogP contribution in [0, 0.1) is 5.92 Å². The van der Waals surface area contributed by atoms with E-state index in [2.05, 4.69) is 11.8 Å². The van der Waals surface area contributed by atoms with Crippen molar-refractivity contribution in [1.29, 1.82) is 0 Å². The highest BCUT2D eigenvalue weighted by Gasteiger charge is 2.45. The molecule has 0 aromatic rings. The third kappa shape index (κ3) is 2.25. The Kier molecular flexibility index (Phi) is 3.57. The van der Waals surface area contributed by atoms with Crippen molar-refractivity contribution >= 4 is 5.78 Å². The summed E-state index contributed by atoms with van der Waals surface area (Å²) in [4.78, 5) is 14.8. The third-order valence-electron chi connectivity index (χ3n) is 4.18. The standard InChI is InChI=1S/C14H23NO2/c1-11-6-4-8-14(10-11,15(2)3)13(16)12-7-5-9-17-12/h7,11H,4-6,8-10H2,1-3H3. The Hall–Kier alpha value is -0.830. The number of likely N-dealkylation sites (N-methyl/N-ethyl adjacent to an activating group) is 1. The number of hydrogen-bond donors (Lipinski definition) is 0. The van der Waals surface area contributed by atoms with Gasteiger partial charge in [-0.3, -0.25) is 9.69 Å². The summed E-state index contributed by atoms with van der Waals surface area (Å²) in [5.74, 6) is 1.43. The zero-order chi connectivity index (χ0) is 12.5. The first-order chi connectivity index (χ1) is 8.06. The first-order valence-electron chi connectivity index (χ1n) is 6.61. The van der Waals surface area contributed by atoms with Crippen molar-refractivity contribution in [2.24, 2.45) is 5.92 Å². The van der Waals surface area contributed by atoms with Gasteiger partial charge < -0.3 is 4.74 Å². The predicted molar refractivity (Wildman–Crippen MR) is 67.7 cm³/mol. The second-order valence-electron chi connectivity index (χ2n) is 5.66. The molecule has 0 aromatic carbocycles. The summed E-state index contributed by atoms with van der Waals surface area (Å²) in [5, 5.41) is 0. The highest BCUT2D eigenvalue weighted by molar-refractivity contribution is 6.01. The summed E-state index contributed by atoms with van der Waals surface area (Å²) in [6.45, 7) is 2.91. The van der Waals surface area contributed by atoms with Crippen LogP contribution in [0.4, 0.5) is 0 Å². The Morgan fingerprint density at radius 1 is 1.53 bits per heavy atom. The molecule has 2 aliphatic rings. The fraction of sp³-hybridized carbons (Fsp3) is 0.786. The second kappa shape index (κ2) is 4.81. The lowest BCUT2D eigenvalue weighted by Gasteiger charge is -2.43. The molecule has 2 atom stereocenters. The second-order valence-corrected chi connectivity index (χ2v) is 5.66. The van der Waals surface area contributed by atoms with Gasteiger partial charge >= 0.3 is 0 Å². The molecule has 1 saturated carbocycles. The molecule has 1 heterocycles. The molecule has 0 amide bonds. The van der Waals surface area contributed by atoms with Gasteiger partial charge in [-0.05, 0) is 38.9 Å². The molecule has 3 nitrogen and oxygen atoms in total. The number of carbonyl (C=O) groups is 1. The molecule has 0 aromatic heterocycles. The van der Waals surface area contributed by atoms with Gasteiger partial charge in [0.25, 0.3) is 0 Å². The van der Waals surface area contributed by atoms with Crippen molar-refractivity contribution in [2.75, 3.05) is 20.7 Å². The van der Waals surface area contributed by atoms with Crippen molar-refractivity contribution in [3.8, 4) is 0 Å². The quantitative estimate of drug-likeness (QED) is 0.754. The fourth-order valence-electron chi connectivity index (χ4n) is 3.14. The van der Waals surface area contributed by atoms with Crippen LogP contribution in [0.3, 0.4) is 0 Å². The molecule has 3 heteroatoms. The summed E-state index contributed by atoms with van der Waals surface area (Å²) >= 11 is 0. The first-order valence-corrected chi connectivity index (χ1v) is 6.61. The van der Waals surface area contributed by atoms with Crippen molar-refractivity contribution in [1.82, 2.24) is 4.90 Å². The number of rotatable bonds is 3. The van der Waals surface area contributed by atoms with Gasteiger partial charge in [-0.1, -0.05) is 19.8 Å². The van der Waals surface area contributed by atoms with Crippen LogP contribution in [-0.2, 0) is 9.53 Å². The first kappa shape index (κ1) is 12.6. The van der Waals surface area contributed by atoms with E-state index in [0.717, 1.165) is 25.7 Å². The van der Waals surface area contributed by atoms with Gasteiger partial charge in [0.05, 0.1) is 12.1 Å². The van der Waals surface area contributed by atoms with Gasteiger partial charge in [0, 0.05) is 6.42 Å². The Bertz CT molecular complexity index is 335. The number of hydrogen-bond acceptors (Lipinski definition) is 3. The summed E-state index contributed by atoms with van der Waals surface area (Å²) in [7, 11) is 4.04. The van der Waals surface area contributed by atoms with Crippen LogP contribution in [-0.4, -0.2) is 36.9 Å². The van der Waals surface area contributed by atoms with E-state index in [-0.39, 0.29) is 11.3 Å². The van der Waals surface area contributed by atoms with Crippen LogP contribution >= 0.6 is 0 Å². The maximum absolute atomic E-state index is 12.7. The number of carbonyl (C=O) groups excluding carboxylic acids is 1. The maximum Gasteiger partial charge on any atom is 0.217 e. The lowest BCUT2D eigenvalue weighted by Crippen LogP contribution is -2.54. The molecule has 1 aliphatic heterocycles. The van der Waals surface area contributed by atoms with E-state index in [0.29, 0.717) is 18.3 Å². The van der Waals surface area contributed by atoms with E-state index in [1.54, 1.807) is 0 Å². The molecule has 0 N–H and O–H groups in total. The zero-order valence-corrected chi connectivity index (χ0v) is 11.2. The molecule has 0 radical (unpaired) electrons. The lowest BCUT2D eigenvalue weighted by atomic mass is 9.72. The topological polar surface area (TPSA) is 29.5 Å². The third-order valence-corrected chi connectivity index (χ3v) is 4.18. The normalized spacial score (nSPS) is 33.4. The highest BCUT2D eigenvalue weighted by atomic mass is 16.5. The van der Waals surface area contributed by atoms with Crippen LogP contribution in [0.25, 0.3) is 0 Å². The van der Waals surface area contributed by atoms with Gasteiger partial charge in [0.15, 0.2) is 5.76 Å². The maximum atomic E-state index is 12.7. The number of ketones is 1. The minimum absolute atomic E-state index is 0.201. The molecule has 1 aliphatic carbocycles. The number of nitrogens with zero attached hydrogens (tertiary/aromatic N) is 1. The van der Waals surface area contributed by atoms with E-state index < -0.39 is 0 Å². The van der Waals surface area contributed by atoms with Crippen LogP contribution in [0.1, 0.15) is 39.0 Å². The van der Waals surface area contributed by atoms with E-state index in [4.69, 9.17) is 4.74 Å². The van der Waals surface area contributed by atoms with Crippen LogP contribution in [0.2, 0.25) is 0 Å². The Morgan fingerprint density at radius 3 is 2.82 bits per heavy atom. The minimum Gasteiger partial charge on any atom is -0.490 e. The minimum atomic E-state index is -0.326. The molecule has 0 spiro atoms. The molecule has 0 saturated heterocycles. The molecule has 1 fully saturated rings. The summed E-state index contributed by atoms with van der Waals surface area (Å²) in [6, 6.07) is 0. The van der Waals surface area contributed by atoms with E-state index >= 15 is 0 Å². The lowest BCUT2D eigenvalue weighted by molar-refractivity contribution is -0.132. The van der Waals surface area contributed by atoms with Crippen molar-refractivity contribution in [2.45, 2.75) is 44.6 Å². The number of Topliss-reactive ketones (excluding diaryl/α,β-unsaturated/α-hetero) is 1. The van der Waals surface area contributed by atoms with Gasteiger partial charge in [-0.2, -0.15) is 0 Å². The Morgan fingerprint density at radius 2 is 2.29 bits per heavy atom. The fourth-order valence-corrected chi connectivity index (χ4v) is 3.14. The molecular weight excluding hydrogens is 214 g/mol. The van der Waals surface area contributed by atoms with E-state index in [1.165, 1.54) is 6.42 Å². The highest BCUT2D eigenvalue weighted by Crippen LogP contribution is 2.38. The van der Waals surface area contributed by atoms with Crippen molar-refractivity contribution in [3.05, 3.63) is 11.8 Å². The number of ether oxygens (including phenoxy) is 1. The zero-order valence-electron chi connectivity index (χ0n) is 11.2. The average Bonchev–Trinajstić information content (AvgIpc) is 2.81. The summed E-state index contributed by atoms with van der Waals surface area (Å²) in [6.07, 6.45) is 7.12. The largest absolute Gasteiger partial charge is 0.490 e. The molecule has 17 heavy (non-hydrogen) atoms. The van der Waals surface area contributed by atoms with Crippen LogP contribution in [0.15, 0.2) is 11.8 Å². The Balaban J connectivity index is 2.24. The van der Waals surface area contributed by atoms with Gasteiger partial charge in [-0.25, -0.2) is 0 Å². The van der Waals surface area contributed by atoms with Crippen LogP contribution < -0.4 is 0 Å². The van der Waals surface area contributed by atoms with Crippen molar-refractivity contribution < 1.29 is 9.53 Å². The predicted octanol–water partition coefficient (Wildman–Crippen LogP) is 2.37. The molecule has 2 rings (SSSR count). The Labute approximate surface area is 104 Å². The van der Waals surface area contributed by atoms with Crippen molar-refractivity contribution in [3.63, 3.8) is 0 Å². The van der Waals surface area contributed by atoms with E-state index in [9.17, 15) is 4.79 Å². The molecule has 96 valence electrons. The SMILES string of the molecule is CC1CCCC(C(=O)C2=CCCO2)(N(C)C)C1. The van der Waals surface area contributed by atoms with Gasteiger partial charge in [-0.15, -0.1) is 0 Å². The van der Waals surface area contributed by atoms with Crippen LogP contribution in [0.5, 0.6) is 0 Å². The monoisotopic (exact) mass is 237 g/mol. The smallest absolute Gasteiger partial charge is 0.217 e. The molecular formula is C14H23NO2. The molecule has 2 unspecified atom stereocenters. The summed E-state index contributed by atoms with van der Waals surface area (Å²) in [5.41, 5.74) is -0.326. The molecule has 0 bridgehead atoms. The average molecular weight is 237 g/mol. The van der Waals surface area contributed by atoms with E-state index in [1.807, 2.05) is 20.2 Å². The van der Waals surface area contributed by atoms with Gasteiger partial charge in [0.1, 0.15) is 0 Å². The summed E-state index contributed by atoms with van der Waals surface area (Å²) < 4.78 is 5.46.